The number of ether oxygens (including phenoxy) is 2. The lowest BCUT2D eigenvalue weighted by molar-refractivity contribution is -0.139. The lowest BCUT2D eigenvalue weighted by Crippen LogP contribution is -2.21. The highest BCUT2D eigenvalue weighted by molar-refractivity contribution is 5.97. The molecular formula is C29H28N2O5. The number of aliphatic carboxylic acids is 1. The van der Waals surface area contributed by atoms with Gasteiger partial charge in [0.05, 0.1) is 11.4 Å². The van der Waals surface area contributed by atoms with Gasteiger partial charge in [0.1, 0.15) is 17.2 Å². The average molecular weight is 485 g/mol. The summed E-state index contributed by atoms with van der Waals surface area (Å²) < 4.78 is 13.8. The Kier molecular flexibility index (Phi) is 6.62. The number of nitrogens with two attached hydrogens (primary N) is 1. The van der Waals surface area contributed by atoms with Crippen molar-refractivity contribution in [3.63, 3.8) is 0 Å². The van der Waals surface area contributed by atoms with Crippen molar-refractivity contribution in [3.05, 3.63) is 89.6 Å². The van der Waals surface area contributed by atoms with E-state index in [0.717, 1.165) is 58.5 Å². The minimum atomic E-state index is -1.05. The number of para-hydroxylation sites is 1. The second kappa shape index (κ2) is 10.2. The van der Waals surface area contributed by atoms with E-state index < -0.39 is 18.5 Å². The van der Waals surface area contributed by atoms with Gasteiger partial charge in [-0.05, 0) is 66.8 Å². The summed E-state index contributed by atoms with van der Waals surface area (Å²) >= 11 is 0. The highest BCUT2D eigenvalue weighted by atomic mass is 16.5. The van der Waals surface area contributed by atoms with Gasteiger partial charge in [-0.15, -0.1) is 0 Å². The van der Waals surface area contributed by atoms with Crippen molar-refractivity contribution in [3.8, 4) is 17.2 Å². The highest BCUT2D eigenvalue weighted by Gasteiger charge is 2.31. The molecule has 1 aromatic heterocycles. The first-order valence-corrected chi connectivity index (χ1v) is 12.1. The first kappa shape index (κ1) is 23.5. The first-order valence-electron chi connectivity index (χ1n) is 12.1. The van der Waals surface area contributed by atoms with Crippen LogP contribution in [0.5, 0.6) is 17.2 Å². The highest BCUT2D eigenvalue weighted by Crippen LogP contribution is 2.42. The Labute approximate surface area is 209 Å². The van der Waals surface area contributed by atoms with E-state index in [1.165, 1.54) is 0 Å². The number of hydrogen-bond donors (Lipinski definition) is 2. The van der Waals surface area contributed by atoms with Crippen LogP contribution in [0.4, 0.5) is 0 Å². The number of benzene rings is 3. The van der Waals surface area contributed by atoms with Gasteiger partial charge in [-0.25, -0.2) is 4.79 Å². The fraction of sp³-hybridized carbons (Fsp3) is 0.241. The molecule has 1 heterocycles. The van der Waals surface area contributed by atoms with Crippen molar-refractivity contribution >= 4 is 22.8 Å². The molecular weight excluding hydrogens is 456 g/mol. The van der Waals surface area contributed by atoms with E-state index in [1.54, 1.807) is 6.07 Å². The molecule has 0 fully saturated rings. The number of carbonyl (C=O) groups excluding carboxylic acids is 1. The van der Waals surface area contributed by atoms with E-state index >= 15 is 0 Å². The van der Waals surface area contributed by atoms with Crippen molar-refractivity contribution in [1.29, 1.82) is 0 Å². The first-order chi connectivity index (χ1) is 17.5. The molecule has 0 radical (unpaired) electrons. The van der Waals surface area contributed by atoms with Crippen LogP contribution < -0.4 is 15.2 Å². The smallest absolute Gasteiger partial charge is 0.341 e. The molecule has 0 bridgehead atoms. The molecule has 3 aromatic carbocycles. The number of fused-ring (bicyclic) bond motifs is 3. The Morgan fingerprint density at radius 3 is 2.42 bits per heavy atom. The molecule has 0 aliphatic heterocycles. The standard InChI is InChI=1S/C29H28N2O5/c30-29(34)22-9-4-5-10-23-27(22)28-24(11-6-12-25(28)35-18-26(32)33)31(23)17-19-13-15-21(16-14-19)36-20-7-2-1-3-8-20/h1-3,6-8,11-16,22H,4-5,9-10,17-18H2,(H2,30,34)(H,32,33). The zero-order valence-corrected chi connectivity index (χ0v) is 19.9. The summed E-state index contributed by atoms with van der Waals surface area (Å²) in [7, 11) is 0. The maximum atomic E-state index is 12.5. The van der Waals surface area contributed by atoms with E-state index in [0.29, 0.717) is 18.7 Å². The maximum Gasteiger partial charge on any atom is 0.341 e. The van der Waals surface area contributed by atoms with Crippen LogP contribution in [-0.2, 0) is 22.6 Å². The third-order valence-corrected chi connectivity index (χ3v) is 6.64. The molecule has 36 heavy (non-hydrogen) atoms. The number of carboxylic acid groups (broad SMARTS) is 1. The van der Waals surface area contributed by atoms with Gasteiger partial charge in [-0.3, -0.25) is 4.79 Å². The second-order valence-electron chi connectivity index (χ2n) is 9.04. The SMILES string of the molecule is NC(=O)C1CCCCc2c1c1c(OCC(=O)O)cccc1n2Cc1ccc(Oc2ccccc2)cc1. The summed E-state index contributed by atoms with van der Waals surface area (Å²) in [6, 6.07) is 23.2. The Balaban J connectivity index is 1.55. The largest absolute Gasteiger partial charge is 0.481 e. The predicted octanol–water partition coefficient (Wildman–Crippen LogP) is 5.24. The summed E-state index contributed by atoms with van der Waals surface area (Å²) in [6.07, 6.45) is 3.32. The number of amides is 1. The Morgan fingerprint density at radius 1 is 0.944 bits per heavy atom. The van der Waals surface area contributed by atoms with Crippen molar-refractivity contribution in [2.24, 2.45) is 5.73 Å². The van der Waals surface area contributed by atoms with E-state index in [9.17, 15) is 14.7 Å². The number of aromatic nitrogens is 1. The van der Waals surface area contributed by atoms with E-state index in [4.69, 9.17) is 15.2 Å². The second-order valence-corrected chi connectivity index (χ2v) is 9.04. The third kappa shape index (κ3) is 4.77. The fourth-order valence-electron chi connectivity index (χ4n) is 5.08. The van der Waals surface area contributed by atoms with Crippen LogP contribution in [0.1, 0.15) is 42.0 Å². The van der Waals surface area contributed by atoms with Gasteiger partial charge < -0.3 is 24.9 Å². The summed E-state index contributed by atoms with van der Waals surface area (Å²) in [4.78, 5) is 23.7. The summed E-state index contributed by atoms with van der Waals surface area (Å²) in [6.45, 7) is 0.133. The molecule has 7 heteroatoms. The van der Waals surface area contributed by atoms with Gasteiger partial charge in [0.2, 0.25) is 5.91 Å². The molecule has 3 N–H and O–H groups in total. The van der Waals surface area contributed by atoms with Gasteiger partial charge in [0.15, 0.2) is 6.61 Å². The lowest BCUT2D eigenvalue weighted by atomic mass is 9.92. The molecule has 0 spiro atoms. The van der Waals surface area contributed by atoms with Crippen LogP contribution in [0.15, 0.2) is 72.8 Å². The molecule has 1 aliphatic carbocycles. The van der Waals surface area contributed by atoms with Gasteiger partial charge >= 0.3 is 5.97 Å². The average Bonchev–Trinajstić information content (AvgIpc) is 3.02. The molecule has 4 aromatic rings. The minimum absolute atomic E-state index is 0.368. The topological polar surface area (TPSA) is 104 Å². The maximum absolute atomic E-state index is 12.5. The summed E-state index contributed by atoms with van der Waals surface area (Å²) in [5.41, 5.74) is 9.77. The van der Waals surface area contributed by atoms with Crippen LogP contribution in [0.25, 0.3) is 10.9 Å². The Bertz CT molecular complexity index is 1390. The van der Waals surface area contributed by atoms with E-state index in [2.05, 4.69) is 4.57 Å². The van der Waals surface area contributed by atoms with Crippen LogP contribution in [0, 0.1) is 0 Å². The Morgan fingerprint density at radius 2 is 1.69 bits per heavy atom. The van der Waals surface area contributed by atoms with Crippen LogP contribution >= 0.6 is 0 Å². The number of carbonyl (C=O) groups is 2. The number of primary amides is 1. The molecule has 1 amide bonds. The van der Waals surface area contributed by atoms with E-state index in [1.807, 2.05) is 66.7 Å². The third-order valence-electron chi connectivity index (χ3n) is 6.64. The molecule has 184 valence electrons. The van der Waals surface area contributed by atoms with Gasteiger partial charge in [0, 0.05) is 17.6 Å². The quantitative estimate of drug-likeness (QED) is 0.333. The molecule has 1 aliphatic rings. The van der Waals surface area contributed by atoms with Gasteiger partial charge in [-0.2, -0.15) is 0 Å². The van der Waals surface area contributed by atoms with Crippen LogP contribution in [0.2, 0.25) is 0 Å². The number of hydrogen-bond acceptors (Lipinski definition) is 4. The van der Waals surface area contributed by atoms with Crippen LogP contribution in [-0.4, -0.2) is 28.2 Å². The van der Waals surface area contributed by atoms with Crippen molar-refractivity contribution < 1.29 is 24.2 Å². The lowest BCUT2D eigenvalue weighted by Gasteiger charge is -2.14. The zero-order valence-electron chi connectivity index (χ0n) is 19.9. The molecule has 7 nitrogen and oxygen atoms in total. The molecule has 1 atom stereocenters. The zero-order chi connectivity index (χ0) is 25.1. The molecule has 1 unspecified atom stereocenters. The van der Waals surface area contributed by atoms with Gasteiger partial charge in [0.25, 0.3) is 0 Å². The molecule has 0 saturated heterocycles. The van der Waals surface area contributed by atoms with Crippen molar-refractivity contribution in [1.82, 2.24) is 4.57 Å². The molecule has 0 saturated carbocycles. The monoisotopic (exact) mass is 484 g/mol. The summed E-state index contributed by atoms with van der Waals surface area (Å²) in [5.74, 6) is 0.124. The number of rotatable bonds is 8. The Hall–Kier alpha value is -4.26. The summed E-state index contributed by atoms with van der Waals surface area (Å²) in [5, 5.41) is 9.95. The normalized spacial score (nSPS) is 15.2. The predicted molar refractivity (Wildman–Crippen MR) is 137 cm³/mol. The van der Waals surface area contributed by atoms with Crippen LogP contribution in [0.3, 0.4) is 0 Å². The minimum Gasteiger partial charge on any atom is -0.481 e. The van der Waals surface area contributed by atoms with Gasteiger partial charge in [-0.1, -0.05) is 42.8 Å². The fourth-order valence-corrected chi connectivity index (χ4v) is 5.08. The van der Waals surface area contributed by atoms with Crippen molar-refractivity contribution in [2.75, 3.05) is 6.61 Å². The number of nitrogens with zero attached hydrogens (tertiary/aromatic N) is 1. The van der Waals surface area contributed by atoms with Crippen molar-refractivity contribution in [2.45, 2.75) is 38.1 Å². The number of carboxylic acids is 1. The van der Waals surface area contributed by atoms with E-state index in [-0.39, 0.29) is 5.91 Å². The molecule has 5 rings (SSSR count).